The number of carbonyl (C=O) groups is 1. The molecule has 6 rings (SSSR count). The van der Waals surface area contributed by atoms with E-state index in [0.717, 1.165) is 23.6 Å². The Balaban J connectivity index is 1.18. The van der Waals surface area contributed by atoms with Gasteiger partial charge in [0.25, 0.3) is 5.91 Å². The number of rotatable bonds is 14. The molecule has 0 radical (unpaired) electrons. The van der Waals surface area contributed by atoms with Gasteiger partial charge in [-0.1, -0.05) is 18.2 Å². The van der Waals surface area contributed by atoms with Gasteiger partial charge >= 0.3 is 0 Å². The van der Waals surface area contributed by atoms with Crippen LogP contribution in [0.15, 0.2) is 69.8 Å². The first kappa shape index (κ1) is 33.0. The minimum absolute atomic E-state index is 0.0459. The van der Waals surface area contributed by atoms with Crippen molar-refractivity contribution in [1.29, 1.82) is 0 Å². The van der Waals surface area contributed by atoms with Crippen LogP contribution in [0.5, 0.6) is 11.5 Å². The molecule has 252 valence electrons. The molecular weight excluding hydrogens is 608 g/mol. The van der Waals surface area contributed by atoms with Gasteiger partial charge in [-0.3, -0.25) is 14.5 Å². The molecule has 47 heavy (non-hydrogen) atoms. The summed E-state index contributed by atoms with van der Waals surface area (Å²) in [5.41, 5.74) is 1.90. The molecule has 1 fully saturated rings. The van der Waals surface area contributed by atoms with E-state index in [-0.39, 0.29) is 43.0 Å². The van der Waals surface area contributed by atoms with Crippen LogP contribution in [-0.2, 0) is 30.3 Å². The van der Waals surface area contributed by atoms with Gasteiger partial charge in [0.15, 0.2) is 22.7 Å². The fraction of sp³-hybridized carbons (Fsp3) is 0.486. The van der Waals surface area contributed by atoms with Gasteiger partial charge in [0.1, 0.15) is 5.58 Å². The van der Waals surface area contributed by atoms with Crippen molar-refractivity contribution in [2.75, 3.05) is 72.6 Å². The molecule has 1 amide bonds. The number of ether oxygens (including phenoxy) is 6. The molecule has 0 bridgehead atoms. The topological polar surface area (TPSA) is 129 Å². The highest BCUT2D eigenvalue weighted by atomic mass is 16.7. The Hall–Kier alpha value is -3.94. The van der Waals surface area contributed by atoms with Crippen LogP contribution >= 0.6 is 0 Å². The third-order valence-corrected chi connectivity index (χ3v) is 8.70. The second kappa shape index (κ2) is 15.8. The lowest BCUT2D eigenvalue weighted by atomic mass is 9.81. The molecule has 3 atom stereocenters. The third kappa shape index (κ3) is 7.79. The number of hydrogen-bond donors (Lipinski definition) is 1. The zero-order valence-electron chi connectivity index (χ0n) is 26.6. The number of amides is 1. The first-order valence-electron chi connectivity index (χ1n) is 16.2. The summed E-state index contributed by atoms with van der Waals surface area (Å²) >= 11 is 0. The summed E-state index contributed by atoms with van der Waals surface area (Å²) in [6.07, 6.45) is 2.97. The van der Waals surface area contributed by atoms with Crippen LogP contribution in [0.2, 0.25) is 0 Å². The normalized spacial score (nSPS) is 21.1. The molecule has 2 aromatic carbocycles. The van der Waals surface area contributed by atoms with E-state index in [1.807, 2.05) is 31.2 Å². The predicted octanol–water partition coefficient (Wildman–Crippen LogP) is 3.26. The van der Waals surface area contributed by atoms with Gasteiger partial charge in [0.05, 0.1) is 38.1 Å². The Bertz CT molecular complexity index is 1600. The summed E-state index contributed by atoms with van der Waals surface area (Å²) in [5.74, 6) is 0.611. The Morgan fingerprint density at radius 1 is 0.979 bits per heavy atom. The van der Waals surface area contributed by atoms with Crippen molar-refractivity contribution < 1.29 is 42.7 Å². The van der Waals surface area contributed by atoms with Gasteiger partial charge in [-0.25, -0.2) is 0 Å². The van der Waals surface area contributed by atoms with Crippen molar-refractivity contribution in [3.8, 4) is 11.5 Å². The summed E-state index contributed by atoms with van der Waals surface area (Å²) in [6.45, 7) is 6.94. The smallest absolute Gasteiger partial charge is 0.288 e. The molecule has 12 nitrogen and oxygen atoms in total. The summed E-state index contributed by atoms with van der Waals surface area (Å²) in [6, 6.07) is 13.1. The van der Waals surface area contributed by atoms with E-state index < -0.39 is 12.2 Å². The SMILES string of the molecule is CCO[C@H]1OC(C(=O)N2CCN(Cc3ccc4c(c3)OCO4)CC2)=C[C@@H](c2coc3ccccc3c2=O)[C@@H]1CCOCCOCCO. The Morgan fingerprint density at radius 2 is 1.77 bits per heavy atom. The van der Waals surface area contributed by atoms with E-state index in [9.17, 15) is 9.59 Å². The van der Waals surface area contributed by atoms with Crippen molar-refractivity contribution in [3.05, 3.63) is 81.9 Å². The minimum atomic E-state index is -0.777. The first-order chi connectivity index (χ1) is 23.1. The van der Waals surface area contributed by atoms with Gasteiger partial charge in [0, 0.05) is 63.3 Å². The van der Waals surface area contributed by atoms with Crippen LogP contribution in [-0.4, -0.2) is 99.7 Å². The molecule has 3 aliphatic heterocycles. The van der Waals surface area contributed by atoms with Gasteiger partial charge in [0.2, 0.25) is 13.1 Å². The van der Waals surface area contributed by atoms with Crippen molar-refractivity contribution in [3.63, 3.8) is 0 Å². The lowest BCUT2D eigenvalue weighted by Crippen LogP contribution is -2.50. The number of fused-ring (bicyclic) bond motifs is 2. The van der Waals surface area contributed by atoms with E-state index in [4.69, 9.17) is 37.9 Å². The number of nitrogens with zero attached hydrogens (tertiary/aromatic N) is 2. The van der Waals surface area contributed by atoms with Gasteiger partial charge in [-0.2, -0.15) is 0 Å². The monoisotopic (exact) mass is 650 g/mol. The molecule has 1 aromatic heterocycles. The van der Waals surface area contributed by atoms with Crippen molar-refractivity contribution in [1.82, 2.24) is 9.80 Å². The number of aliphatic hydroxyl groups is 1. The Kier molecular flexibility index (Phi) is 11.1. The number of benzene rings is 2. The van der Waals surface area contributed by atoms with Gasteiger partial charge in [-0.15, -0.1) is 0 Å². The van der Waals surface area contributed by atoms with E-state index in [1.54, 1.807) is 29.2 Å². The second-order valence-corrected chi connectivity index (χ2v) is 11.7. The number of allylic oxidation sites excluding steroid dienone is 1. The van der Waals surface area contributed by atoms with Crippen LogP contribution < -0.4 is 14.9 Å². The largest absolute Gasteiger partial charge is 0.464 e. The highest BCUT2D eigenvalue weighted by Crippen LogP contribution is 2.39. The molecule has 1 saturated heterocycles. The van der Waals surface area contributed by atoms with Gasteiger partial charge in [-0.05, 0) is 49.2 Å². The lowest BCUT2D eigenvalue weighted by Gasteiger charge is -2.39. The van der Waals surface area contributed by atoms with Crippen LogP contribution in [0.3, 0.4) is 0 Å². The van der Waals surface area contributed by atoms with Crippen LogP contribution in [0.1, 0.15) is 30.4 Å². The average Bonchev–Trinajstić information content (AvgIpc) is 3.57. The standard InChI is InChI=1S/C35H42N2O10/c1-2-43-35-25(9-15-41-17-18-42-16-14-38)27(28-22-44-29-6-4-3-5-26(29)33(28)39)20-32(47-35)34(40)37-12-10-36(11-13-37)21-24-7-8-30-31(19-24)46-23-45-30/h3-8,19-20,22,25,27,35,38H,2,9-18,21,23H2,1H3/t25-,27+,35-/m0/s1. The molecule has 0 spiro atoms. The molecule has 3 aliphatic rings. The van der Waals surface area contributed by atoms with Crippen LogP contribution in [0, 0.1) is 5.92 Å². The predicted molar refractivity (Wildman–Crippen MR) is 171 cm³/mol. The van der Waals surface area contributed by atoms with Crippen LogP contribution in [0.25, 0.3) is 11.0 Å². The van der Waals surface area contributed by atoms with Crippen molar-refractivity contribution >= 4 is 16.9 Å². The summed E-state index contributed by atoms with van der Waals surface area (Å²) in [7, 11) is 0. The van der Waals surface area contributed by atoms with Crippen LogP contribution in [0.4, 0.5) is 0 Å². The molecule has 0 aliphatic carbocycles. The zero-order valence-corrected chi connectivity index (χ0v) is 26.6. The fourth-order valence-corrected chi connectivity index (χ4v) is 6.28. The number of para-hydroxylation sites is 1. The number of carbonyl (C=O) groups excluding carboxylic acids is 1. The molecule has 4 heterocycles. The molecular formula is C35H42N2O10. The van der Waals surface area contributed by atoms with E-state index in [0.29, 0.717) is 75.6 Å². The quantitative estimate of drug-likeness (QED) is 0.258. The summed E-state index contributed by atoms with van der Waals surface area (Å²) < 4.78 is 40.3. The molecule has 0 unspecified atom stereocenters. The van der Waals surface area contributed by atoms with Crippen molar-refractivity contribution in [2.24, 2.45) is 5.92 Å². The summed E-state index contributed by atoms with van der Waals surface area (Å²) in [5, 5.41) is 9.38. The maximum Gasteiger partial charge on any atom is 0.288 e. The van der Waals surface area contributed by atoms with E-state index >= 15 is 0 Å². The Morgan fingerprint density at radius 3 is 2.57 bits per heavy atom. The molecule has 3 aromatic rings. The van der Waals surface area contributed by atoms with E-state index in [2.05, 4.69) is 4.90 Å². The highest BCUT2D eigenvalue weighted by Gasteiger charge is 2.40. The number of piperazine rings is 1. The zero-order chi connectivity index (χ0) is 32.6. The van der Waals surface area contributed by atoms with Gasteiger partial charge < -0.3 is 42.8 Å². The molecule has 1 N–H and O–H groups in total. The third-order valence-electron chi connectivity index (χ3n) is 8.70. The fourth-order valence-electron chi connectivity index (χ4n) is 6.28. The lowest BCUT2D eigenvalue weighted by molar-refractivity contribution is -0.172. The average molecular weight is 651 g/mol. The number of hydrogen-bond acceptors (Lipinski definition) is 11. The van der Waals surface area contributed by atoms with Crippen molar-refractivity contribution in [2.45, 2.75) is 32.1 Å². The van der Waals surface area contributed by atoms with E-state index in [1.165, 1.54) is 6.26 Å². The second-order valence-electron chi connectivity index (χ2n) is 11.7. The first-order valence-corrected chi connectivity index (χ1v) is 16.2. The molecule has 12 heteroatoms. The maximum absolute atomic E-state index is 13.9. The Labute approximate surface area is 273 Å². The highest BCUT2D eigenvalue weighted by molar-refractivity contribution is 5.92. The summed E-state index contributed by atoms with van der Waals surface area (Å²) in [4.78, 5) is 31.8. The molecule has 0 saturated carbocycles. The number of aliphatic hydroxyl groups excluding tert-OH is 1. The minimum Gasteiger partial charge on any atom is -0.464 e. The maximum atomic E-state index is 13.9.